The molecule has 8 nitrogen and oxygen atoms in total. The Morgan fingerprint density at radius 2 is 2.00 bits per heavy atom. The highest BCUT2D eigenvalue weighted by Gasteiger charge is 2.27. The van der Waals surface area contributed by atoms with Gasteiger partial charge in [0.25, 0.3) is 5.91 Å². The van der Waals surface area contributed by atoms with E-state index in [2.05, 4.69) is 19.6 Å². The molecule has 122 valence electrons. The van der Waals surface area contributed by atoms with Crippen LogP contribution in [0.1, 0.15) is 28.2 Å². The van der Waals surface area contributed by atoms with Gasteiger partial charge in [0, 0.05) is 25.9 Å². The summed E-state index contributed by atoms with van der Waals surface area (Å²) in [4.78, 5) is 23.0. The highest BCUT2D eigenvalue weighted by molar-refractivity contribution is 7.07. The van der Waals surface area contributed by atoms with Gasteiger partial charge in [-0.2, -0.15) is 9.97 Å². The minimum atomic E-state index is -0.00310. The number of nitrogens with zero attached hydrogens (tertiary/aromatic N) is 5. The number of hydrogen-bond donors (Lipinski definition) is 0. The van der Waals surface area contributed by atoms with Crippen molar-refractivity contribution in [3.63, 3.8) is 0 Å². The van der Waals surface area contributed by atoms with Crippen molar-refractivity contribution in [2.45, 2.75) is 25.9 Å². The third kappa shape index (κ3) is 3.55. The molecule has 1 amide bonds. The second kappa shape index (κ2) is 6.86. The van der Waals surface area contributed by atoms with Crippen LogP contribution in [-0.2, 0) is 0 Å². The summed E-state index contributed by atoms with van der Waals surface area (Å²) in [7, 11) is 1.56. The zero-order valence-electron chi connectivity index (χ0n) is 12.9. The van der Waals surface area contributed by atoms with Crippen LogP contribution in [0, 0.1) is 6.92 Å². The first kappa shape index (κ1) is 15.6. The number of piperidine rings is 1. The lowest BCUT2D eigenvalue weighted by molar-refractivity contribution is 0.0582. The summed E-state index contributed by atoms with van der Waals surface area (Å²) in [5.41, 5.74) is 0.685. The Morgan fingerprint density at radius 3 is 2.57 bits per heavy atom. The van der Waals surface area contributed by atoms with Crippen LogP contribution in [0.5, 0.6) is 11.8 Å². The summed E-state index contributed by atoms with van der Waals surface area (Å²) in [6.07, 6.45) is 4.63. The van der Waals surface area contributed by atoms with Gasteiger partial charge in [0.05, 0.1) is 25.2 Å². The highest BCUT2D eigenvalue weighted by Crippen LogP contribution is 2.20. The van der Waals surface area contributed by atoms with E-state index in [4.69, 9.17) is 9.47 Å². The Hall–Kier alpha value is -2.29. The van der Waals surface area contributed by atoms with Gasteiger partial charge in [-0.3, -0.25) is 4.79 Å². The largest absolute Gasteiger partial charge is 0.494 e. The predicted octanol–water partition coefficient (Wildman–Crippen LogP) is 1.33. The minimum Gasteiger partial charge on any atom is -0.494 e. The molecule has 1 aliphatic rings. The maximum atomic E-state index is 12.4. The van der Waals surface area contributed by atoms with Crippen LogP contribution in [0.4, 0.5) is 0 Å². The van der Waals surface area contributed by atoms with Gasteiger partial charge in [0.1, 0.15) is 11.0 Å². The van der Waals surface area contributed by atoms with E-state index >= 15 is 0 Å². The molecule has 1 saturated heterocycles. The molecule has 3 heterocycles. The zero-order chi connectivity index (χ0) is 16.2. The molecule has 2 aromatic rings. The highest BCUT2D eigenvalue weighted by atomic mass is 32.1. The van der Waals surface area contributed by atoms with Crippen LogP contribution in [0.15, 0.2) is 12.4 Å². The lowest BCUT2D eigenvalue weighted by Gasteiger charge is -2.31. The number of aromatic nitrogens is 4. The fourth-order valence-electron chi connectivity index (χ4n) is 2.37. The van der Waals surface area contributed by atoms with Crippen LogP contribution in [0.3, 0.4) is 0 Å². The molecule has 0 unspecified atom stereocenters. The standard InChI is InChI=1S/C14H17N5O3S/c1-9-12(23-18-17-9)13(20)19-5-3-10(4-6-19)22-14-15-7-11(21-2)8-16-14/h7-8,10H,3-6H2,1-2H3. The number of hydrogen-bond acceptors (Lipinski definition) is 8. The number of ether oxygens (including phenoxy) is 2. The monoisotopic (exact) mass is 335 g/mol. The average Bonchev–Trinajstić information content (AvgIpc) is 3.02. The van der Waals surface area contributed by atoms with E-state index in [1.807, 2.05) is 4.90 Å². The van der Waals surface area contributed by atoms with Crippen LogP contribution < -0.4 is 9.47 Å². The topological polar surface area (TPSA) is 90.3 Å². The Balaban J connectivity index is 1.54. The molecular weight excluding hydrogens is 318 g/mol. The molecule has 9 heteroatoms. The number of methoxy groups -OCH3 is 1. The summed E-state index contributed by atoms with van der Waals surface area (Å²) in [5, 5.41) is 3.89. The molecule has 1 fully saturated rings. The van der Waals surface area contributed by atoms with E-state index in [0.717, 1.165) is 24.4 Å². The van der Waals surface area contributed by atoms with E-state index in [-0.39, 0.29) is 12.0 Å². The molecule has 0 atom stereocenters. The van der Waals surface area contributed by atoms with Gasteiger partial charge in [-0.25, -0.2) is 0 Å². The van der Waals surface area contributed by atoms with E-state index in [1.54, 1.807) is 26.4 Å². The Kier molecular flexibility index (Phi) is 4.65. The summed E-state index contributed by atoms with van der Waals surface area (Å²) in [6.45, 7) is 3.07. The van der Waals surface area contributed by atoms with Crippen molar-refractivity contribution in [3.05, 3.63) is 23.0 Å². The van der Waals surface area contributed by atoms with Crippen LogP contribution >= 0.6 is 11.5 Å². The van der Waals surface area contributed by atoms with Gasteiger partial charge in [0.15, 0.2) is 5.75 Å². The van der Waals surface area contributed by atoms with E-state index in [0.29, 0.717) is 35.4 Å². The van der Waals surface area contributed by atoms with E-state index < -0.39 is 0 Å². The fourth-order valence-corrected chi connectivity index (χ4v) is 2.99. The normalized spacial score (nSPS) is 15.5. The van der Waals surface area contributed by atoms with Crippen LogP contribution in [-0.4, -0.2) is 56.7 Å². The predicted molar refractivity (Wildman–Crippen MR) is 82.8 cm³/mol. The SMILES string of the molecule is COc1cnc(OC2CCN(C(=O)c3snnc3C)CC2)nc1. The molecule has 0 N–H and O–H groups in total. The molecule has 0 aromatic carbocycles. The Bertz CT molecular complexity index is 667. The van der Waals surface area contributed by atoms with Crippen LogP contribution in [0.2, 0.25) is 0 Å². The van der Waals surface area contributed by atoms with Crippen LogP contribution in [0.25, 0.3) is 0 Å². The molecule has 0 saturated carbocycles. The zero-order valence-corrected chi connectivity index (χ0v) is 13.7. The molecule has 0 bridgehead atoms. The summed E-state index contributed by atoms with van der Waals surface area (Å²) in [5.74, 6) is 0.586. The average molecular weight is 335 g/mol. The first-order chi connectivity index (χ1) is 11.2. The lowest BCUT2D eigenvalue weighted by Crippen LogP contribution is -2.41. The van der Waals surface area contributed by atoms with Gasteiger partial charge in [-0.1, -0.05) is 4.49 Å². The number of likely N-dealkylation sites (tertiary alicyclic amines) is 1. The van der Waals surface area contributed by atoms with Crippen molar-refractivity contribution in [2.75, 3.05) is 20.2 Å². The third-order valence-electron chi connectivity index (χ3n) is 3.69. The number of carbonyl (C=O) groups excluding carboxylic acids is 1. The van der Waals surface area contributed by atoms with E-state index in [9.17, 15) is 4.79 Å². The van der Waals surface area contributed by atoms with Crippen molar-refractivity contribution in [3.8, 4) is 11.8 Å². The van der Waals surface area contributed by atoms with Gasteiger partial charge in [0.2, 0.25) is 0 Å². The quantitative estimate of drug-likeness (QED) is 0.832. The van der Waals surface area contributed by atoms with Crippen molar-refractivity contribution in [1.29, 1.82) is 0 Å². The smallest absolute Gasteiger partial charge is 0.316 e. The second-order valence-electron chi connectivity index (χ2n) is 5.20. The first-order valence-corrected chi connectivity index (χ1v) is 8.05. The molecule has 23 heavy (non-hydrogen) atoms. The second-order valence-corrected chi connectivity index (χ2v) is 5.96. The van der Waals surface area contributed by atoms with Gasteiger partial charge < -0.3 is 14.4 Å². The molecule has 3 rings (SSSR count). The Labute approximate surface area is 137 Å². The maximum Gasteiger partial charge on any atom is 0.316 e. The number of carbonyl (C=O) groups is 1. The lowest BCUT2D eigenvalue weighted by atomic mass is 10.1. The molecule has 0 aliphatic carbocycles. The number of amides is 1. The first-order valence-electron chi connectivity index (χ1n) is 7.28. The number of rotatable bonds is 4. The molecule has 0 spiro atoms. The van der Waals surface area contributed by atoms with E-state index in [1.165, 1.54) is 0 Å². The van der Waals surface area contributed by atoms with Crippen molar-refractivity contribution < 1.29 is 14.3 Å². The fraction of sp³-hybridized carbons (Fsp3) is 0.500. The maximum absolute atomic E-state index is 12.4. The van der Waals surface area contributed by atoms with Crippen molar-refractivity contribution in [2.24, 2.45) is 0 Å². The molecular formula is C14H17N5O3S. The van der Waals surface area contributed by atoms with Gasteiger partial charge in [-0.05, 0) is 18.5 Å². The third-order valence-corrected chi connectivity index (χ3v) is 4.50. The number of aryl methyl sites for hydroxylation is 1. The van der Waals surface area contributed by atoms with Crippen molar-refractivity contribution >= 4 is 17.4 Å². The van der Waals surface area contributed by atoms with Crippen molar-refractivity contribution in [1.82, 2.24) is 24.5 Å². The molecule has 2 aromatic heterocycles. The summed E-state index contributed by atoms with van der Waals surface area (Å²) >= 11 is 1.14. The molecule has 1 aliphatic heterocycles. The summed E-state index contributed by atoms with van der Waals surface area (Å²) in [6, 6.07) is 0.332. The minimum absolute atomic E-state index is 0.00310. The van der Waals surface area contributed by atoms with Gasteiger partial charge in [-0.15, -0.1) is 5.10 Å². The summed E-state index contributed by atoms with van der Waals surface area (Å²) < 4.78 is 14.6. The Morgan fingerprint density at radius 1 is 1.30 bits per heavy atom. The van der Waals surface area contributed by atoms with Gasteiger partial charge >= 0.3 is 6.01 Å². The molecule has 0 radical (unpaired) electrons.